The second-order valence-electron chi connectivity index (χ2n) is 6.50. The standard InChI is InChI=1S/C20H18FN7O2/c1-11-18(23-10-12-5-3-6-13(21)9-12)25-19(27-26-11)28-15-8-4-7-14(17(22)29)16(15)24-20(28)30-2/h3-9H,10H2,1-2H3,(H2,22,29)(H,23,25,27). The van der Waals surface area contributed by atoms with Crippen molar-refractivity contribution >= 4 is 22.8 Å². The Bertz CT molecular complexity index is 1260. The zero-order chi connectivity index (χ0) is 21.3. The molecule has 30 heavy (non-hydrogen) atoms. The van der Waals surface area contributed by atoms with Gasteiger partial charge < -0.3 is 15.8 Å². The molecule has 4 aromatic rings. The number of anilines is 1. The summed E-state index contributed by atoms with van der Waals surface area (Å²) >= 11 is 0. The molecule has 2 aromatic heterocycles. The SMILES string of the molecule is COc1nc2c(C(N)=O)cccc2n1-c1nnc(C)c(NCc2cccc(F)c2)n1. The van der Waals surface area contributed by atoms with E-state index in [9.17, 15) is 9.18 Å². The molecule has 0 radical (unpaired) electrons. The first kappa shape index (κ1) is 19.2. The van der Waals surface area contributed by atoms with E-state index in [1.165, 1.54) is 19.2 Å². The van der Waals surface area contributed by atoms with Crippen LogP contribution >= 0.6 is 0 Å². The molecular formula is C20H18FN7O2. The van der Waals surface area contributed by atoms with Crippen molar-refractivity contribution in [1.82, 2.24) is 24.7 Å². The summed E-state index contributed by atoms with van der Waals surface area (Å²) in [6.07, 6.45) is 0. The fourth-order valence-corrected chi connectivity index (χ4v) is 3.07. The molecule has 1 amide bonds. The van der Waals surface area contributed by atoms with Crippen LogP contribution in [0, 0.1) is 12.7 Å². The highest BCUT2D eigenvalue weighted by Crippen LogP contribution is 2.27. The molecule has 152 valence electrons. The number of ether oxygens (including phenoxy) is 1. The van der Waals surface area contributed by atoms with Crippen LogP contribution in [0.15, 0.2) is 42.5 Å². The number of aryl methyl sites for hydroxylation is 1. The van der Waals surface area contributed by atoms with Crippen molar-refractivity contribution in [3.8, 4) is 12.0 Å². The van der Waals surface area contributed by atoms with E-state index in [4.69, 9.17) is 10.5 Å². The van der Waals surface area contributed by atoms with Crippen LogP contribution in [-0.2, 0) is 6.54 Å². The minimum Gasteiger partial charge on any atom is -0.468 e. The van der Waals surface area contributed by atoms with Gasteiger partial charge in [-0.25, -0.2) is 8.96 Å². The van der Waals surface area contributed by atoms with E-state index in [2.05, 4.69) is 25.5 Å². The van der Waals surface area contributed by atoms with Crippen molar-refractivity contribution in [2.75, 3.05) is 12.4 Å². The van der Waals surface area contributed by atoms with Gasteiger partial charge >= 0.3 is 6.01 Å². The van der Waals surface area contributed by atoms with Gasteiger partial charge in [-0.1, -0.05) is 18.2 Å². The molecule has 0 aliphatic heterocycles. The zero-order valence-electron chi connectivity index (χ0n) is 16.3. The van der Waals surface area contributed by atoms with Gasteiger partial charge in [0.05, 0.1) is 18.2 Å². The van der Waals surface area contributed by atoms with E-state index in [0.717, 1.165) is 5.56 Å². The quantitative estimate of drug-likeness (QED) is 0.503. The van der Waals surface area contributed by atoms with Crippen LogP contribution in [0.4, 0.5) is 10.2 Å². The number of rotatable bonds is 6. The number of nitrogens with zero attached hydrogens (tertiary/aromatic N) is 5. The zero-order valence-corrected chi connectivity index (χ0v) is 16.3. The van der Waals surface area contributed by atoms with Crippen LogP contribution < -0.4 is 15.8 Å². The van der Waals surface area contributed by atoms with Gasteiger partial charge in [-0.3, -0.25) is 4.79 Å². The van der Waals surface area contributed by atoms with Gasteiger partial charge in [0.2, 0.25) is 0 Å². The van der Waals surface area contributed by atoms with E-state index in [1.807, 2.05) is 0 Å². The molecule has 2 heterocycles. The molecule has 0 unspecified atom stereocenters. The molecule has 0 aliphatic carbocycles. The number of hydrogen-bond donors (Lipinski definition) is 2. The van der Waals surface area contributed by atoms with Crippen molar-refractivity contribution in [3.05, 3.63) is 65.1 Å². The van der Waals surface area contributed by atoms with E-state index >= 15 is 0 Å². The van der Waals surface area contributed by atoms with Crippen LogP contribution in [0.1, 0.15) is 21.6 Å². The third kappa shape index (κ3) is 3.50. The number of halogens is 1. The normalized spacial score (nSPS) is 10.9. The maximum absolute atomic E-state index is 13.4. The van der Waals surface area contributed by atoms with Crippen molar-refractivity contribution in [1.29, 1.82) is 0 Å². The van der Waals surface area contributed by atoms with Crippen LogP contribution in [0.5, 0.6) is 6.01 Å². The number of para-hydroxylation sites is 1. The lowest BCUT2D eigenvalue weighted by molar-refractivity contribution is 0.100. The first-order valence-electron chi connectivity index (χ1n) is 9.03. The van der Waals surface area contributed by atoms with E-state index in [-0.39, 0.29) is 23.3 Å². The first-order valence-corrected chi connectivity index (χ1v) is 9.03. The van der Waals surface area contributed by atoms with Gasteiger partial charge in [0.25, 0.3) is 11.9 Å². The summed E-state index contributed by atoms with van der Waals surface area (Å²) in [7, 11) is 1.45. The Morgan fingerprint density at radius 1 is 1.20 bits per heavy atom. The van der Waals surface area contributed by atoms with E-state index in [1.54, 1.807) is 41.8 Å². The molecule has 0 saturated heterocycles. The minimum atomic E-state index is -0.603. The Labute approximate surface area is 170 Å². The molecule has 0 spiro atoms. The molecule has 2 aromatic carbocycles. The summed E-state index contributed by atoms with van der Waals surface area (Å²) in [5.41, 5.74) is 7.96. The lowest BCUT2D eigenvalue weighted by Crippen LogP contribution is -2.12. The van der Waals surface area contributed by atoms with Crippen molar-refractivity contribution < 1.29 is 13.9 Å². The summed E-state index contributed by atoms with van der Waals surface area (Å²) in [6, 6.07) is 11.5. The monoisotopic (exact) mass is 407 g/mol. The molecule has 4 rings (SSSR count). The minimum absolute atomic E-state index is 0.181. The molecular weight excluding hydrogens is 389 g/mol. The summed E-state index contributed by atoms with van der Waals surface area (Å²) < 4.78 is 20.3. The number of imidazole rings is 1. The number of nitrogens with two attached hydrogens (primary N) is 1. The average Bonchev–Trinajstić information content (AvgIpc) is 3.12. The number of aromatic nitrogens is 5. The number of carbonyl (C=O) groups is 1. The van der Waals surface area contributed by atoms with Crippen LogP contribution in [0.2, 0.25) is 0 Å². The Hall–Kier alpha value is -4.08. The number of methoxy groups -OCH3 is 1. The number of nitrogens with one attached hydrogen (secondary N) is 1. The number of benzene rings is 2. The summed E-state index contributed by atoms with van der Waals surface area (Å²) in [5, 5.41) is 11.5. The van der Waals surface area contributed by atoms with Gasteiger partial charge in [-0.2, -0.15) is 9.97 Å². The van der Waals surface area contributed by atoms with E-state index in [0.29, 0.717) is 29.1 Å². The smallest absolute Gasteiger partial charge is 0.304 e. The molecule has 0 aliphatic rings. The molecule has 0 atom stereocenters. The predicted octanol–water partition coefficient (Wildman–Crippen LogP) is 2.38. The Morgan fingerprint density at radius 2 is 2.00 bits per heavy atom. The van der Waals surface area contributed by atoms with Crippen LogP contribution in [0.25, 0.3) is 17.0 Å². The van der Waals surface area contributed by atoms with Crippen molar-refractivity contribution in [2.45, 2.75) is 13.5 Å². The average molecular weight is 407 g/mol. The summed E-state index contributed by atoms with van der Waals surface area (Å²) in [6.45, 7) is 2.11. The topological polar surface area (TPSA) is 121 Å². The number of primary amides is 1. The van der Waals surface area contributed by atoms with Crippen LogP contribution in [0.3, 0.4) is 0 Å². The van der Waals surface area contributed by atoms with E-state index < -0.39 is 5.91 Å². The molecule has 0 saturated carbocycles. The summed E-state index contributed by atoms with van der Waals surface area (Å²) in [4.78, 5) is 20.6. The van der Waals surface area contributed by atoms with Crippen molar-refractivity contribution in [3.63, 3.8) is 0 Å². The highest BCUT2D eigenvalue weighted by Gasteiger charge is 2.20. The lowest BCUT2D eigenvalue weighted by atomic mass is 10.2. The maximum atomic E-state index is 13.4. The predicted molar refractivity (Wildman–Crippen MR) is 108 cm³/mol. The number of amides is 1. The third-order valence-corrected chi connectivity index (χ3v) is 4.50. The molecule has 10 heteroatoms. The number of fused-ring (bicyclic) bond motifs is 1. The fraction of sp³-hybridized carbons (Fsp3) is 0.150. The molecule has 9 nitrogen and oxygen atoms in total. The van der Waals surface area contributed by atoms with Crippen molar-refractivity contribution in [2.24, 2.45) is 5.73 Å². The maximum Gasteiger partial charge on any atom is 0.304 e. The highest BCUT2D eigenvalue weighted by molar-refractivity contribution is 6.04. The second-order valence-corrected chi connectivity index (χ2v) is 6.50. The second kappa shape index (κ2) is 7.74. The number of hydrogen-bond acceptors (Lipinski definition) is 7. The molecule has 0 bridgehead atoms. The third-order valence-electron chi connectivity index (χ3n) is 4.50. The van der Waals surface area contributed by atoms with Crippen LogP contribution in [-0.4, -0.2) is 37.7 Å². The van der Waals surface area contributed by atoms with Gasteiger partial charge in [0, 0.05) is 6.54 Å². The molecule has 0 fully saturated rings. The Kier molecular flexibility index (Phi) is 4.97. The van der Waals surface area contributed by atoms with Gasteiger partial charge in [-0.05, 0) is 36.8 Å². The largest absolute Gasteiger partial charge is 0.468 e. The Balaban J connectivity index is 1.76. The lowest BCUT2D eigenvalue weighted by Gasteiger charge is -2.11. The Morgan fingerprint density at radius 3 is 2.73 bits per heavy atom. The summed E-state index contributed by atoms with van der Waals surface area (Å²) in [5.74, 6) is -0.247. The van der Waals surface area contributed by atoms with Gasteiger partial charge in [-0.15, -0.1) is 10.2 Å². The fourth-order valence-electron chi connectivity index (χ4n) is 3.07. The first-order chi connectivity index (χ1) is 14.5. The molecule has 3 N–H and O–H groups in total. The number of carbonyl (C=O) groups excluding carboxylic acids is 1. The highest BCUT2D eigenvalue weighted by atomic mass is 19.1. The van der Waals surface area contributed by atoms with Gasteiger partial charge in [0.15, 0.2) is 5.82 Å². The van der Waals surface area contributed by atoms with Gasteiger partial charge in [0.1, 0.15) is 17.0 Å².